The van der Waals surface area contributed by atoms with Gasteiger partial charge in [-0.15, -0.1) is 0 Å². The van der Waals surface area contributed by atoms with E-state index in [2.05, 4.69) is 15.3 Å². The van der Waals surface area contributed by atoms with Crippen LogP contribution in [0.2, 0.25) is 0 Å². The average molecular weight is 299 g/mol. The van der Waals surface area contributed by atoms with Gasteiger partial charge in [-0.25, -0.2) is 18.7 Å². The van der Waals surface area contributed by atoms with Crippen molar-refractivity contribution in [2.24, 2.45) is 0 Å². The average Bonchev–Trinajstić information content (AvgIpc) is 2.53. The maximum absolute atomic E-state index is 12.5. The molecule has 0 bridgehead atoms. The van der Waals surface area contributed by atoms with Crippen molar-refractivity contribution >= 4 is 16.9 Å². The molecule has 1 N–H and O–H groups in total. The number of aromatic nitrogens is 2. The molecule has 0 aliphatic carbocycles. The quantitative estimate of drug-likeness (QED) is 0.771. The lowest BCUT2D eigenvalue weighted by atomic mass is 10.1. The molecule has 3 rings (SSSR count). The van der Waals surface area contributed by atoms with Gasteiger partial charge in [-0.3, -0.25) is 0 Å². The number of hydrogen-bond acceptors (Lipinski definition) is 3. The Morgan fingerprint density at radius 3 is 2.23 bits per heavy atom. The summed E-state index contributed by atoms with van der Waals surface area (Å²) in [7, 11) is 0. The highest BCUT2D eigenvalue weighted by Gasteiger charge is 2.07. The molecule has 0 saturated heterocycles. The number of halogens is 2. The Kier molecular flexibility index (Phi) is 3.96. The van der Waals surface area contributed by atoms with Crippen molar-refractivity contribution < 1.29 is 8.78 Å². The summed E-state index contributed by atoms with van der Waals surface area (Å²) in [6, 6.07) is 13.9. The number of nitrogens with one attached hydrogen (secondary N) is 1. The first-order valence-electron chi connectivity index (χ1n) is 6.98. The van der Waals surface area contributed by atoms with Gasteiger partial charge >= 0.3 is 0 Å². The first-order chi connectivity index (χ1) is 10.6. The van der Waals surface area contributed by atoms with Crippen LogP contribution in [0.25, 0.3) is 11.0 Å². The monoisotopic (exact) mass is 299 g/mol. The van der Waals surface area contributed by atoms with Gasteiger partial charge in [0.15, 0.2) is 0 Å². The lowest BCUT2D eigenvalue weighted by Gasteiger charge is -2.10. The van der Waals surface area contributed by atoms with Crippen LogP contribution in [0.4, 0.5) is 14.6 Å². The molecule has 1 heterocycles. The molecule has 3 nitrogen and oxygen atoms in total. The summed E-state index contributed by atoms with van der Waals surface area (Å²) in [5.74, 6) is 0.705. The van der Waals surface area contributed by atoms with E-state index in [-0.39, 0.29) is 5.56 Å². The van der Waals surface area contributed by atoms with E-state index in [1.807, 2.05) is 31.2 Å². The Balaban J connectivity index is 1.77. The van der Waals surface area contributed by atoms with Crippen molar-refractivity contribution in [1.29, 1.82) is 0 Å². The Hall–Kier alpha value is -2.56. The predicted molar refractivity (Wildman–Crippen MR) is 83.0 cm³/mol. The summed E-state index contributed by atoms with van der Waals surface area (Å²) in [5.41, 5.74) is 3.43. The van der Waals surface area contributed by atoms with Crippen LogP contribution in [0.15, 0.2) is 48.5 Å². The summed E-state index contributed by atoms with van der Waals surface area (Å²) in [6.45, 7) is 2.40. The van der Waals surface area contributed by atoms with Gasteiger partial charge in [0.25, 0.3) is 6.43 Å². The lowest BCUT2D eigenvalue weighted by molar-refractivity contribution is 0.151. The smallest absolute Gasteiger partial charge is 0.263 e. The number of aryl methyl sites for hydroxylation is 1. The van der Waals surface area contributed by atoms with Crippen LogP contribution in [0, 0.1) is 6.92 Å². The maximum Gasteiger partial charge on any atom is 0.263 e. The molecule has 3 aromatic rings. The summed E-state index contributed by atoms with van der Waals surface area (Å²) in [5, 5.41) is 3.21. The molecule has 0 fully saturated rings. The molecular weight excluding hydrogens is 284 g/mol. The molecule has 2 aromatic carbocycles. The van der Waals surface area contributed by atoms with Gasteiger partial charge in [0.1, 0.15) is 5.82 Å². The number of para-hydroxylation sites is 2. The van der Waals surface area contributed by atoms with Gasteiger partial charge in [0.05, 0.1) is 16.7 Å². The molecule has 112 valence electrons. The predicted octanol–water partition coefficient (Wildman–Crippen LogP) is 4.49. The van der Waals surface area contributed by atoms with Crippen molar-refractivity contribution in [2.45, 2.75) is 19.9 Å². The van der Waals surface area contributed by atoms with Gasteiger partial charge < -0.3 is 5.32 Å². The fourth-order valence-electron chi connectivity index (χ4n) is 2.22. The Bertz CT molecular complexity index is 786. The minimum Gasteiger partial charge on any atom is -0.364 e. The fraction of sp³-hybridized carbons (Fsp3) is 0.176. The highest BCUT2D eigenvalue weighted by molar-refractivity contribution is 5.76. The lowest BCUT2D eigenvalue weighted by Crippen LogP contribution is -2.05. The molecule has 0 aliphatic rings. The van der Waals surface area contributed by atoms with Gasteiger partial charge in [-0.1, -0.05) is 36.4 Å². The first-order valence-corrected chi connectivity index (χ1v) is 6.98. The third kappa shape index (κ3) is 3.03. The highest BCUT2D eigenvalue weighted by Crippen LogP contribution is 2.20. The van der Waals surface area contributed by atoms with Crippen LogP contribution in [0.1, 0.15) is 23.2 Å². The van der Waals surface area contributed by atoms with Crippen molar-refractivity contribution in [2.75, 3.05) is 5.32 Å². The molecule has 0 saturated carbocycles. The highest BCUT2D eigenvalue weighted by atomic mass is 19.3. The van der Waals surface area contributed by atoms with Crippen LogP contribution in [-0.4, -0.2) is 9.97 Å². The molecule has 0 unspecified atom stereocenters. The SMILES string of the molecule is Cc1nc2ccccc2nc1NCc1ccc(C(F)F)cc1. The molecule has 0 aliphatic heterocycles. The van der Waals surface area contributed by atoms with E-state index in [9.17, 15) is 8.78 Å². The Morgan fingerprint density at radius 2 is 1.59 bits per heavy atom. The topological polar surface area (TPSA) is 37.8 Å². The fourth-order valence-corrected chi connectivity index (χ4v) is 2.22. The standard InChI is InChI=1S/C17H15F2N3/c1-11-17(22-15-5-3-2-4-14(15)21-11)20-10-12-6-8-13(9-7-12)16(18)19/h2-9,16H,10H2,1H3,(H,20,22). The van der Waals surface area contributed by atoms with E-state index in [1.54, 1.807) is 12.1 Å². The van der Waals surface area contributed by atoms with E-state index < -0.39 is 6.43 Å². The maximum atomic E-state index is 12.5. The number of anilines is 1. The molecule has 5 heteroatoms. The zero-order valence-corrected chi connectivity index (χ0v) is 12.1. The molecule has 0 radical (unpaired) electrons. The normalized spacial score (nSPS) is 11.1. The summed E-state index contributed by atoms with van der Waals surface area (Å²) in [4.78, 5) is 9.04. The molecule has 22 heavy (non-hydrogen) atoms. The first kappa shape index (κ1) is 14.4. The van der Waals surface area contributed by atoms with Crippen molar-refractivity contribution in [3.05, 3.63) is 65.4 Å². The number of fused-ring (bicyclic) bond motifs is 1. The second-order valence-corrected chi connectivity index (χ2v) is 5.04. The van der Waals surface area contributed by atoms with Crippen molar-refractivity contribution in [3.8, 4) is 0 Å². The van der Waals surface area contributed by atoms with Gasteiger partial charge in [0, 0.05) is 12.1 Å². The van der Waals surface area contributed by atoms with E-state index in [4.69, 9.17) is 0 Å². The third-order valence-electron chi connectivity index (χ3n) is 3.44. The van der Waals surface area contributed by atoms with Crippen LogP contribution in [0.5, 0.6) is 0 Å². The number of alkyl halides is 2. The molecule has 0 amide bonds. The third-order valence-corrected chi connectivity index (χ3v) is 3.44. The number of hydrogen-bond donors (Lipinski definition) is 1. The summed E-state index contributed by atoms with van der Waals surface area (Å²) >= 11 is 0. The van der Waals surface area contributed by atoms with E-state index in [0.717, 1.165) is 22.3 Å². The zero-order chi connectivity index (χ0) is 15.5. The minimum atomic E-state index is -2.43. The van der Waals surface area contributed by atoms with E-state index >= 15 is 0 Å². The van der Waals surface area contributed by atoms with Crippen molar-refractivity contribution in [1.82, 2.24) is 9.97 Å². The number of benzene rings is 2. The minimum absolute atomic E-state index is 0.0328. The molecule has 1 aromatic heterocycles. The largest absolute Gasteiger partial charge is 0.364 e. The van der Waals surface area contributed by atoms with Gasteiger partial charge in [-0.2, -0.15) is 0 Å². The molecular formula is C17H15F2N3. The molecule has 0 atom stereocenters. The van der Waals surface area contributed by atoms with E-state index in [0.29, 0.717) is 12.4 Å². The second-order valence-electron chi connectivity index (χ2n) is 5.04. The van der Waals surface area contributed by atoms with Crippen LogP contribution < -0.4 is 5.32 Å². The Morgan fingerprint density at radius 1 is 0.955 bits per heavy atom. The summed E-state index contributed by atoms with van der Waals surface area (Å²) in [6.07, 6.45) is -2.43. The summed E-state index contributed by atoms with van der Waals surface area (Å²) < 4.78 is 25.0. The van der Waals surface area contributed by atoms with E-state index in [1.165, 1.54) is 12.1 Å². The van der Waals surface area contributed by atoms with Gasteiger partial charge in [0.2, 0.25) is 0 Å². The zero-order valence-electron chi connectivity index (χ0n) is 12.1. The van der Waals surface area contributed by atoms with Crippen molar-refractivity contribution in [3.63, 3.8) is 0 Å². The van der Waals surface area contributed by atoms with Crippen LogP contribution >= 0.6 is 0 Å². The van der Waals surface area contributed by atoms with Crippen LogP contribution in [-0.2, 0) is 6.54 Å². The molecule has 0 spiro atoms. The second kappa shape index (κ2) is 6.05. The van der Waals surface area contributed by atoms with Gasteiger partial charge in [-0.05, 0) is 24.6 Å². The van der Waals surface area contributed by atoms with Crippen LogP contribution in [0.3, 0.4) is 0 Å². The number of nitrogens with zero attached hydrogens (tertiary/aromatic N) is 2. The number of rotatable bonds is 4. The Labute approximate surface area is 127 Å².